The average Bonchev–Trinajstić information content (AvgIpc) is 1.57. The normalized spacial score (nSPS) is 39.9. The largest absolute Gasteiger partial charge is 0.328 e. The van der Waals surface area contributed by atoms with Gasteiger partial charge in [-0.2, -0.15) is 0 Å². The maximum Gasteiger partial charge on any atom is 0.239 e. The Morgan fingerprint density at radius 2 is 2.10 bits per heavy atom. The summed E-state index contributed by atoms with van der Waals surface area (Å²) in [5, 5.41) is 0. The predicted octanol–water partition coefficient (Wildman–Crippen LogP) is 1.77. The topological polar surface area (TPSA) is 26.0 Å². The van der Waals surface area contributed by atoms with Gasteiger partial charge in [-0.25, -0.2) is 8.78 Å². The molecule has 0 aromatic heterocycles. The van der Waals surface area contributed by atoms with E-state index in [2.05, 4.69) is 0 Å². The molecular formula is C7H13F2N. The summed E-state index contributed by atoms with van der Waals surface area (Å²) in [5.74, 6) is 0. The minimum absolute atomic E-state index is 0.0146. The molecular weight excluding hydrogens is 136 g/mol. The van der Waals surface area contributed by atoms with Gasteiger partial charge >= 0.3 is 0 Å². The molecule has 0 unspecified atom stereocenters. The highest BCUT2D eigenvalue weighted by atomic mass is 19.3. The van der Waals surface area contributed by atoms with Crippen LogP contribution in [0.3, 0.4) is 0 Å². The van der Waals surface area contributed by atoms with E-state index in [4.69, 9.17) is 5.73 Å². The van der Waals surface area contributed by atoms with E-state index in [-0.39, 0.29) is 17.9 Å². The van der Waals surface area contributed by atoms with E-state index in [9.17, 15) is 8.78 Å². The molecule has 0 aromatic rings. The summed E-state index contributed by atoms with van der Waals surface area (Å²) in [6.07, 6.45) is -0.632. The maximum atomic E-state index is 11.8. The molecule has 1 nitrogen and oxygen atoms in total. The van der Waals surface area contributed by atoms with Crippen LogP contribution in [0, 0.1) is 5.41 Å². The van der Waals surface area contributed by atoms with E-state index in [0.29, 0.717) is 0 Å². The lowest BCUT2D eigenvalue weighted by atomic mass is 9.65. The Hall–Kier alpha value is -0.180. The van der Waals surface area contributed by atoms with Crippen molar-refractivity contribution >= 4 is 0 Å². The zero-order valence-electron chi connectivity index (χ0n) is 6.11. The molecule has 2 N–H and O–H groups in total. The molecule has 3 heteroatoms. The van der Waals surface area contributed by atoms with Crippen LogP contribution in [-0.4, -0.2) is 12.5 Å². The molecule has 0 bridgehead atoms. The summed E-state index contributed by atoms with van der Waals surface area (Å²) in [6, 6.07) is 0.170. The molecule has 0 aromatic carbocycles. The summed E-state index contributed by atoms with van der Waals surface area (Å²) in [6.45, 7) is 1.88. The molecule has 1 rings (SSSR count). The minimum atomic E-state index is -2.17. The predicted molar refractivity (Wildman–Crippen MR) is 35.9 cm³/mol. The number of rotatable bonds is 2. The number of hydrogen-bond acceptors (Lipinski definition) is 1. The van der Waals surface area contributed by atoms with Gasteiger partial charge in [0.2, 0.25) is 6.43 Å². The lowest BCUT2D eigenvalue weighted by Crippen LogP contribution is -2.45. The Morgan fingerprint density at radius 3 is 2.40 bits per heavy atom. The Labute approximate surface area is 59.6 Å². The van der Waals surface area contributed by atoms with Crippen molar-refractivity contribution in [2.45, 2.75) is 38.7 Å². The molecule has 1 aliphatic carbocycles. The van der Waals surface area contributed by atoms with Gasteiger partial charge in [0.15, 0.2) is 0 Å². The van der Waals surface area contributed by atoms with Crippen molar-refractivity contribution in [2.24, 2.45) is 11.1 Å². The van der Waals surface area contributed by atoms with Crippen LogP contribution >= 0.6 is 0 Å². The Morgan fingerprint density at radius 1 is 1.60 bits per heavy atom. The van der Waals surface area contributed by atoms with E-state index in [1.54, 1.807) is 0 Å². The second kappa shape index (κ2) is 2.46. The van der Waals surface area contributed by atoms with Crippen LogP contribution < -0.4 is 5.73 Å². The second-order valence-corrected chi connectivity index (χ2v) is 3.57. The monoisotopic (exact) mass is 149 g/mol. The third-order valence-electron chi connectivity index (χ3n) is 2.16. The molecule has 0 atom stereocenters. The highest BCUT2D eigenvalue weighted by Crippen LogP contribution is 2.43. The SMILES string of the molecule is CC1(CC(F)F)CC(N)C1. The minimum Gasteiger partial charge on any atom is -0.328 e. The smallest absolute Gasteiger partial charge is 0.239 e. The number of hydrogen-bond donors (Lipinski definition) is 1. The highest BCUT2D eigenvalue weighted by molar-refractivity contribution is 4.92. The first kappa shape index (κ1) is 7.92. The maximum absolute atomic E-state index is 11.8. The fraction of sp³-hybridized carbons (Fsp3) is 1.00. The van der Waals surface area contributed by atoms with Crippen molar-refractivity contribution in [3.63, 3.8) is 0 Å². The van der Waals surface area contributed by atoms with Crippen molar-refractivity contribution in [1.82, 2.24) is 0 Å². The molecule has 1 aliphatic rings. The summed E-state index contributed by atoms with van der Waals surface area (Å²) < 4.78 is 23.7. The van der Waals surface area contributed by atoms with Crippen LogP contribution in [-0.2, 0) is 0 Å². The molecule has 1 fully saturated rings. The van der Waals surface area contributed by atoms with Crippen molar-refractivity contribution in [2.75, 3.05) is 0 Å². The molecule has 1 saturated carbocycles. The third kappa shape index (κ3) is 1.66. The van der Waals surface area contributed by atoms with Gasteiger partial charge in [-0.15, -0.1) is 0 Å². The molecule has 0 saturated heterocycles. The fourth-order valence-electron chi connectivity index (χ4n) is 1.75. The van der Waals surface area contributed by atoms with Gasteiger partial charge in [-0.05, 0) is 18.3 Å². The standard InChI is InChI=1S/C7H13F2N/c1-7(4-6(8)9)2-5(10)3-7/h5-6H,2-4,10H2,1H3. The molecule has 0 spiro atoms. The Kier molecular flexibility index (Phi) is 1.95. The molecule has 0 radical (unpaired) electrons. The van der Waals surface area contributed by atoms with Crippen molar-refractivity contribution in [3.05, 3.63) is 0 Å². The summed E-state index contributed by atoms with van der Waals surface area (Å²) in [7, 11) is 0. The second-order valence-electron chi connectivity index (χ2n) is 3.57. The molecule has 10 heavy (non-hydrogen) atoms. The van der Waals surface area contributed by atoms with E-state index >= 15 is 0 Å². The number of nitrogens with two attached hydrogens (primary N) is 1. The number of alkyl halides is 2. The number of halogens is 2. The van der Waals surface area contributed by atoms with Gasteiger partial charge in [0.25, 0.3) is 0 Å². The lowest BCUT2D eigenvalue weighted by molar-refractivity contribution is 0.0244. The average molecular weight is 149 g/mol. The van der Waals surface area contributed by atoms with Gasteiger partial charge in [0.05, 0.1) is 0 Å². The fourth-order valence-corrected chi connectivity index (χ4v) is 1.75. The van der Waals surface area contributed by atoms with Crippen LogP contribution in [0.15, 0.2) is 0 Å². The molecule has 60 valence electrons. The van der Waals surface area contributed by atoms with Crippen molar-refractivity contribution in [3.8, 4) is 0 Å². The summed E-state index contributed by atoms with van der Waals surface area (Å²) in [4.78, 5) is 0. The van der Waals surface area contributed by atoms with Crippen LogP contribution in [0.25, 0.3) is 0 Å². The Bertz CT molecular complexity index is 119. The highest BCUT2D eigenvalue weighted by Gasteiger charge is 2.39. The zero-order valence-corrected chi connectivity index (χ0v) is 6.11. The molecule has 0 aliphatic heterocycles. The summed E-state index contributed by atoms with van der Waals surface area (Å²) in [5.41, 5.74) is 5.33. The third-order valence-corrected chi connectivity index (χ3v) is 2.16. The van der Waals surface area contributed by atoms with E-state index in [1.165, 1.54) is 0 Å². The molecule has 0 heterocycles. The van der Waals surface area contributed by atoms with Gasteiger partial charge in [0, 0.05) is 12.5 Å². The van der Waals surface area contributed by atoms with Crippen LogP contribution in [0.4, 0.5) is 8.78 Å². The first-order chi connectivity index (χ1) is 4.52. The quantitative estimate of drug-likeness (QED) is 0.636. The zero-order chi connectivity index (χ0) is 7.78. The molecule has 0 amide bonds. The van der Waals surface area contributed by atoms with Crippen molar-refractivity contribution < 1.29 is 8.78 Å². The van der Waals surface area contributed by atoms with Gasteiger partial charge < -0.3 is 5.73 Å². The van der Waals surface area contributed by atoms with E-state index in [0.717, 1.165) is 12.8 Å². The van der Waals surface area contributed by atoms with E-state index < -0.39 is 6.43 Å². The first-order valence-electron chi connectivity index (χ1n) is 3.56. The Balaban J connectivity index is 2.27. The first-order valence-corrected chi connectivity index (χ1v) is 3.56. The van der Waals surface area contributed by atoms with Gasteiger partial charge in [-0.1, -0.05) is 6.92 Å². The van der Waals surface area contributed by atoms with Gasteiger partial charge in [0.1, 0.15) is 0 Å². The summed E-state index contributed by atoms with van der Waals surface area (Å²) >= 11 is 0. The van der Waals surface area contributed by atoms with Crippen LogP contribution in [0.1, 0.15) is 26.2 Å². The van der Waals surface area contributed by atoms with Gasteiger partial charge in [-0.3, -0.25) is 0 Å². The van der Waals surface area contributed by atoms with Crippen LogP contribution in [0.2, 0.25) is 0 Å². The van der Waals surface area contributed by atoms with Crippen molar-refractivity contribution in [1.29, 1.82) is 0 Å². The van der Waals surface area contributed by atoms with Crippen LogP contribution in [0.5, 0.6) is 0 Å². The lowest BCUT2D eigenvalue weighted by Gasteiger charge is -2.43. The van der Waals surface area contributed by atoms with E-state index in [1.807, 2.05) is 6.92 Å².